The highest BCUT2D eigenvalue weighted by Gasteiger charge is 2.26. The summed E-state index contributed by atoms with van der Waals surface area (Å²) >= 11 is 0. The van der Waals surface area contributed by atoms with Crippen LogP contribution in [0.4, 0.5) is 4.39 Å². The van der Waals surface area contributed by atoms with Gasteiger partial charge < -0.3 is 15.6 Å². The van der Waals surface area contributed by atoms with E-state index in [1.165, 1.54) is 19.1 Å². The highest BCUT2D eigenvalue weighted by atomic mass is 19.1. The van der Waals surface area contributed by atoms with Crippen LogP contribution in [0, 0.1) is 5.82 Å². The second kappa shape index (κ2) is 6.35. The van der Waals surface area contributed by atoms with Crippen molar-refractivity contribution in [3.05, 3.63) is 30.1 Å². The molecule has 0 aliphatic rings. The van der Waals surface area contributed by atoms with Crippen molar-refractivity contribution < 1.29 is 19.0 Å². The fourth-order valence-corrected chi connectivity index (χ4v) is 1.42. The molecule has 0 aliphatic carbocycles. The van der Waals surface area contributed by atoms with E-state index in [4.69, 9.17) is 15.6 Å². The molecule has 0 heterocycles. The monoisotopic (exact) mass is 255 g/mol. The third-order valence-corrected chi connectivity index (χ3v) is 2.66. The van der Waals surface area contributed by atoms with Crippen molar-refractivity contribution in [2.24, 2.45) is 5.73 Å². The van der Waals surface area contributed by atoms with Gasteiger partial charge in [-0.2, -0.15) is 0 Å². The summed E-state index contributed by atoms with van der Waals surface area (Å²) in [5.41, 5.74) is 4.40. The first-order valence-electron chi connectivity index (χ1n) is 5.82. The molecule has 4 nitrogen and oxygen atoms in total. The molecule has 0 saturated heterocycles. The van der Waals surface area contributed by atoms with Crippen LogP contribution in [0.15, 0.2) is 24.3 Å². The van der Waals surface area contributed by atoms with Crippen LogP contribution in [0.3, 0.4) is 0 Å². The van der Waals surface area contributed by atoms with Gasteiger partial charge in [-0.25, -0.2) is 4.39 Å². The van der Waals surface area contributed by atoms with Crippen LogP contribution in [-0.2, 0) is 4.79 Å². The topological polar surface area (TPSA) is 72.5 Å². The van der Waals surface area contributed by atoms with E-state index in [0.717, 1.165) is 0 Å². The van der Waals surface area contributed by atoms with Crippen molar-refractivity contribution in [3.8, 4) is 5.75 Å². The van der Waals surface area contributed by atoms with E-state index < -0.39 is 11.5 Å². The molecule has 1 aromatic carbocycles. The Morgan fingerprint density at radius 3 is 2.56 bits per heavy atom. The standard InChI is InChI=1S/C13H18FNO3/c1-13(15,12(16)17)8-2-3-9-18-11-6-4-10(14)5-7-11/h4-7H,2-3,8-9,15H2,1H3,(H,16,17). The molecule has 0 spiro atoms. The Hall–Kier alpha value is -1.62. The smallest absolute Gasteiger partial charge is 0.323 e. The van der Waals surface area contributed by atoms with Crippen molar-refractivity contribution >= 4 is 5.97 Å². The van der Waals surface area contributed by atoms with Gasteiger partial charge in [-0.15, -0.1) is 0 Å². The molecule has 1 atom stereocenters. The van der Waals surface area contributed by atoms with Gasteiger partial charge in [0.15, 0.2) is 0 Å². The number of ether oxygens (including phenoxy) is 1. The van der Waals surface area contributed by atoms with Gasteiger partial charge in [0.05, 0.1) is 6.61 Å². The summed E-state index contributed by atoms with van der Waals surface area (Å²) in [4.78, 5) is 10.7. The van der Waals surface area contributed by atoms with Crippen molar-refractivity contribution in [3.63, 3.8) is 0 Å². The number of rotatable bonds is 7. The number of carboxylic acid groups (broad SMARTS) is 1. The van der Waals surface area contributed by atoms with Crippen molar-refractivity contribution in [1.82, 2.24) is 0 Å². The lowest BCUT2D eigenvalue weighted by Crippen LogP contribution is -2.44. The van der Waals surface area contributed by atoms with E-state index in [2.05, 4.69) is 0 Å². The quantitative estimate of drug-likeness (QED) is 0.732. The van der Waals surface area contributed by atoms with Gasteiger partial charge in [0.25, 0.3) is 0 Å². The van der Waals surface area contributed by atoms with E-state index in [-0.39, 0.29) is 5.82 Å². The van der Waals surface area contributed by atoms with Crippen molar-refractivity contribution in [2.75, 3.05) is 6.61 Å². The van der Waals surface area contributed by atoms with E-state index in [9.17, 15) is 9.18 Å². The fourth-order valence-electron chi connectivity index (χ4n) is 1.42. The predicted octanol–water partition coefficient (Wildman–Crippen LogP) is 2.18. The SMILES string of the molecule is CC(N)(CCCCOc1ccc(F)cc1)C(=O)O. The lowest BCUT2D eigenvalue weighted by Gasteiger charge is -2.18. The molecule has 100 valence electrons. The zero-order chi connectivity index (χ0) is 13.6. The lowest BCUT2D eigenvalue weighted by molar-refractivity contribution is -0.142. The Morgan fingerprint density at radius 1 is 1.39 bits per heavy atom. The first-order chi connectivity index (χ1) is 8.42. The highest BCUT2D eigenvalue weighted by Crippen LogP contribution is 2.14. The zero-order valence-corrected chi connectivity index (χ0v) is 10.4. The Labute approximate surface area is 106 Å². The third kappa shape index (κ3) is 4.71. The molecule has 3 N–H and O–H groups in total. The maximum atomic E-state index is 12.6. The summed E-state index contributed by atoms with van der Waals surface area (Å²) in [5, 5.41) is 8.81. The van der Waals surface area contributed by atoms with Crippen LogP contribution < -0.4 is 10.5 Å². The number of hydrogen-bond acceptors (Lipinski definition) is 3. The van der Waals surface area contributed by atoms with Gasteiger partial charge >= 0.3 is 5.97 Å². The van der Waals surface area contributed by atoms with Gasteiger partial charge in [-0.1, -0.05) is 0 Å². The fraction of sp³-hybridized carbons (Fsp3) is 0.462. The largest absolute Gasteiger partial charge is 0.494 e. The average Bonchev–Trinajstić information content (AvgIpc) is 2.31. The summed E-state index contributed by atoms with van der Waals surface area (Å²) < 4.78 is 18.0. The molecule has 0 bridgehead atoms. The lowest BCUT2D eigenvalue weighted by atomic mass is 9.97. The van der Waals surface area contributed by atoms with Crippen LogP contribution in [0.1, 0.15) is 26.2 Å². The summed E-state index contributed by atoms with van der Waals surface area (Å²) in [5.74, 6) is -0.699. The van der Waals surface area contributed by atoms with Crippen LogP contribution >= 0.6 is 0 Å². The van der Waals surface area contributed by atoms with Crippen LogP contribution in [0.5, 0.6) is 5.75 Å². The predicted molar refractivity (Wildman–Crippen MR) is 66.0 cm³/mol. The molecular weight excluding hydrogens is 237 g/mol. The Bertz CT molecular complexity index is 390. The van der Waals surface area contributed by atoms with Crippen molar-refractivity contribution in [2.45, 2.75) is 31.7 Å². The summed E-state index contributed by atoms with van der Waals surface area (Å²) in [6.45, 7) is 1.96. The number of hydrogen-bond donors (Lipinski definition) is 2. The molecule has 0 aliphatic heterocycles. The summed E-state index contributed by atoms with van der Waals surface area (Å²) in [6.07, 6.45) is 1.77. The molecule has 0 saturated carbocycles. The van der Waals surface area contributed by atoms with Gasteiger partial charge in [-0.05, 0) is 50.5 Å². The van der Waals surface area contributed by atoms with E-state index >= 15 is 0 Å². The van der Waals surface area contributed by atoms with E-state index in [1.54, 1.807) is 12.1 Å². The summed E-state index contributed by atoms with van der Waals surface area (Å²) in [6, 6.07) is 5.77. The van der Waals surface area contributed by atoms with Gasteiger partial charge in [0.1, 0.15) is 17.1 Å². The Morgan fingerprint density at radius 2 is 2.00 bits per heavy atom. The first kappa shape index (κ1) is 14.4. The molecular formula is C13H18FNO3. The number of carbonyl (C=O) groups is 1. The second-order valence-corrected chi connectivity index (χ2v) is 4.48. The number of carboxylic acids is 1. The molecule has 18 heavy (non-hydrogen) atoms. The van der Waals surface area contributed by atoms with E-state index in [0.29, 0.717) is 31.6 Å². The minimum atomic E-state index is -1.18. The van der Waals surface area contributed by atoms with Crippen LogP contribution in [0.25, 0.3) is 0 Å². The van der Waals surface area contributed by atoms with Gasteiger partial charge in [-0.3, -0.25) is 4.79 Å². The first-order valence-corrected chi connectivity index (χ1v) is 5.82. The Kier molecular flexibility index (Phi) is 5.09. The van der Waals surface area contributed by atoms with E-state index in [1.807, 2.05) is 0 Å². The Balaban J connectivity index is 2.20. The molecule has 1 aromatic rings. The summed E-state index contributed by atoms with van der Waals surface area (Å²) in [7, 11) is 0. The second-order valence-electron chi connectivity index (χ2n) is 4.48. The van der Waals surface area contributed by atoms with Crippen molar-refractivity contribution in [1.29, 1.82) is 0 Å². The highest BCUT2D eigenvalue weighted by molar-refractivity contribution is 5.77. The minimum Gasteiger partial charge on any atom is -0.494 e. The molecule has 0 radical (unpaired) electrons. The average molecular weight is 255 g/mol. The molecule has 0 fully saturated rings. The molecule has 0 aromatic heterocycles. The number of aliphatic carboxylic acids is 1. The molecule has 1 rings (SSSR count). The zero-order valence-electron chi connectivity index (χ0n) is 10.4. The maximum absolute atomic E-state index is 12.6. The van der Waals surface area contributed by atoms with Gasteiger partial charge in [0, 0.05) is 0 Å². The number of unbranched alkanes of at least 4 members (excludes halogenated alkanes) is 1. The molecule has 5 heteroatoms. The third-order valence-electron chi connectivity index (χ3n) is 2.66. The maximum Gasteiger partial charge on any atom is 0.323 e. The number of halogens is 1. The number of nitrogens with two attached hydrogens (primary N) is 1. The minimum absolute atomic E-state index is 0.303. The normalized spacial score (nSPS) is 13.9. The van der Waals surface area contributed by atoms with Gasteiger partial charge in [0.2, 0.25) is 0 Å². The van der Waals surface area contributed by atoms with Crippen LogP contribution in [0.2, 0.25) is 0 Å². The number of benzene rings is 1. The molecule has 1 unspecified atom stereocenters. The van der Waals surface area contributed by atoms with Crippen LogP contribution in [-0.4, -0.2) is 23.2 Å². The molecule has 0 amide bonds.